The second kappa shape index (κ2) is 13.6. The van der Waals surface area contributed by atoms with E-state index >= 15 is 0 Å². The summed E-state index contributed by atoms with van der Waals surface area (Å²) in [4.78, 5) is 29.9. The van der Waals surface area contributed by atoms with E-state index in [1.54, 1.807) is 38.4 Å². The number of nitrogens with zero attached hydrogens (tertiary/aromatic N) is 3. The number of aliphatic carboxylic acids is 1. The number of amides is 1. The molecule has 0 spiro atoms. The average Bonchev–Trinajstić information content (AvgIpc) is 2.99. The van der Waals surface area contributed by atoms with Gasteiger partial charge >= 0.3 is 5.97 Å². The van der Waals surface area contributed by atoms with Crippen LogP contribution >= 0.6 is 0 Å². The molecule has 1 aliphatic rings. The first kappa shape index (κ1) is 30.6. The van der Waals surface area contributed by atoms with Crippen LogP contribution in [0.4, 0.5) is 10.1 Å². The van der Waals surface area contributed by atoms with E-state index in [1.807, 2.05) is 29.2 Å². The van der Waals surface area contributed by atoms with Crippen LogP contribution in [0.5, 0.6) is 0 Å². The van der Waals surface area contributed by atoms with E-state index in [1.165, 1.54) is 22.5 Å². The Morgan fingerprint density at radius 2 is 1.60 bits per heavy atom. The lowest BCUT2D eigenvalue weighted by atomic mass is 10.1. The molecule has 1 saturated heterocycles. The number of piperazine rings is 1. The lowest BCUT2D eigenvalue weighted by Gasteiger charge is -2.36. The van der Waals surface area contributed by atoms with Crippen molar-refractivity contribution in [2.75, 3.05) is 31.1 Å². The van der Waals surface area contributed by atoms with Crippen molar-refractivity contribution < 1.29 is 27.5 Å². The number of carboxylic acid groups (broad SMARTS) is 1. The lowest BCUT2D eigenvalue weighted by molar-refractivity contribution is -0.140. The van der Waals surface area contributed by atoms with Crippen molar-refractivity contribution in [3.63, 3.8) is 0 Å². The number of hydrogen-bond acceptors (Lipinski definition) is 6. The Hall–Kier alpha value is -4.31. The molecule has 1 aromatic heterocycles. The number of carbonyl (C=O) groups excluding carboxylic acids is 1. The minimum atomic E-state index is -3.94. The van der Waals surface area contributed by atoms with E-state index in [0.29, 0.717) is 24.2 Å². The number of anilines is 1. The molecule has 0 saturated carbocycles. The van der Waals surface area contributed by atoms with E-state index in [4.69, 9.17) is 0 Å². The zero-order valence-corrected chi connectivity index (χ0v) is 24.1. The highest BCUT2D eigenvalue weighted by atomic mass is 32.2. The number of pyridine rings is 1. The fourth-order valence-electron chi connectivity index (χ4n) is 4.35. The van der Waals surface area contributed by atoms with E-state index in [9.17, 15) is 27.5 Å². The van der Waals surface area contributed by atoms with Gasteiger partial charge in [0, 0.05) is 61.9 Å². The highest BCUT2D eigenvalue weighted by molar-refractivity contribution is 7.87. The maximum Gasteiger partial charge on any atom is 0.322 e. The molecule has 0 bridgehead atoms. The summed E-state index contributed by atoms with van der Waals surface area (Å²) in [6, 6.07) is 13.9. The molecule has 42 heavy (non-hydrogen) atoms. The third-order valence-electron chi connectivity index (χ3n) is 6.78. The Morgan fingerprint density at radius 1 is 0.976 bits per heavy atom. The van der Waals surface area contributed by atoms with E-state index < -0.39 is 39.9 Å². The van der Waals surface area contributed by atoms with Gasteiger partial charge in [-0.25, -0.2) is 4.39 Å². The number of nitrogens with one attached hydrogen (secondary N) is 2. The quantitative estimate of drug-likeness (QED) is 0.325. The van der Waals surface area contributed by atoms with Gasteiger partial charge in [0.05, 0.1) is 5.56 Å². The van der Waals surface area contributed by atoms with Crippen LogP contribution < -0.4 is 14.9 Å². The molecule has 0 radical (unpaired) electrons. The van der Waals surface area contributed by atoms with Gasteiger partial charge in [-0.3, -0.25) is 14.6 Å². The van der Waals surface area contributed by atoms with Gasteiger partial charge in [-0.15, -0.1) is 0 Å². The molecule has 4 rings (SSSR count). The second-order valence-corrected chi connectivity index (χ2v) is 11.8. The summed E-state index contributed by atoms with van der Waals surface area (Å²) in [5.74, 6) is 3.21. The predicted octanol–water partition coefficient (Wildman–Crippen LogP) is 2.62. The Balaban J connectivity index is 1.35. The summed E-state index contributed by atoms with van der Waals surface area (Å²) >= 11 is 0. The molecule has 1 amide bonds. The zero-order chi connectivity index (χ0) is 30.3. The predicted molar refractivity (Wildman–Crippen MR) is 156 cm³/mol. The molecule has 12 heteroatoms. The van der Waals surface area contributed by atoms with Gasteiger partial charge in [0.25, 0.3) is 16.1 Å². The Bertz CT molecular complexity index is 1580. The largest absolute Gasteiger partial charge is 0.480 e. The SMILES string of the molecule is CC(C)C(NS(=O)(=O)N1CCN(c2ccc(C#Cc3ccc(F)c(C(=O)NCc4ccncc4)c3)cc2)CC1)C(=O)O. The standard InChI is InChI=1S/C30H32FN5O5S/c1-21(2)28(30(38)39)34-42(40,41)36-17-15-35(16-18-36)25-8-5-22(6-9-25)3-4-23-7-10-27(31)26(19-23)29(37)33-20-24-11-13-32-14-12-24/h5-14,19,21,28,34H,15-18,20H2,1-2H3,(H,33,37)(H,38,39). The van der Waals surface area contributed by atoms with Gasteiger partial charge in [-0.05, 0) is 66.1 Å². The van der Waals surface area contributed by atoms with Crippen molar-refractivity contribution in [3.05, 3.63) is 95.1 Å². The molecule has 1 fully saturated rings. The number of carbonyl (C=O) groups is 2. The van der Waals surface area contributed by atoms with Crippen LogP contribution in [0.2, 0.25) is 0 Å². The summed E-state index contributed by atoms with van der Waals surface area (Å²) in [6.07, 6.45) is 3.23. The minimum absolute atomic E-state index is 0.0924. The molecule has 2 aromatic carbocycles. The maximum atomic E-state index is 14.4. The highest BCUT2D eigenvalue weighted by Crippen LogP contribution is 2.19. The molecule has 1 unspecified atom stereocenters. The van der Waals surface area contributed by atoms with Gasteiger partial charge in [0.15, 0.2) is 0 Å². The molecule has 3 N–H and O–H groups in total. The van der Waals surface area contributed by atoms with Gasteiger partial charge in [0.1, 0.15) is 11.9 Å². The molecule has 1 aliphatic heterocycles. The van der Waals surface area contributed by atoms with Crippen LogP contribution in [0, 0.1) is 23.6 Å². The summed E-state index contributed by atoms with van der Waals surface area (Å²) in [6.45, 7) is 4.84. The van der Waals surface area contributed by atoms with Crippen molar-refractivity contribution in [1.82, 2.24) is 19.3 Å². The lowest BCUT2D eigenvalue weighted by Crippen LogP contribution is -2.55. The minimum Gasteiger partial charge on any atom is -0.480 e. The van der Waals surface area contributed by atoms with Gasteiger partial charge in [-0.2, -0.15) is 17.4 Å². The van der Waals surface area contributed by atoms with Crippen molar-refractivity contribution in [1.29, 1.82) is 0 Å². The second-order valence-electron chi connectivity index (χ2n) is 10.1. The third-order valence-corrected chi connectivity index (χ3v) is 8.38. The Morgan fingerprint density at radius 3 is 2.21 bits per heavy atom. The number of halogens is 1. The van der Waals surface area contributed by atoms with Crippen molar-refractivity contribution in [3.8, 4) is 11.8 Å². The third kappa shape index (κ3) is 7.91. The fourth-order valence-corrected chi connectivity index (χ4v) is 5.84. The fraction of sp³-hybridized carbons (Fsp3) is 0.300. The molecule has 2 heterocycles. The smallest absolute Gasteiger partial charge is 0.322 e. The van der Waals surface area contributed by atoms with Crippen LogP contribution in [0.15, 0.2) is 67.0 Å². The highest BCUT2D eigenvalue weighted by Gasteiger charge is 2.33. The molecule has 220 valence electrons. The van der Waals surface area contributed by atoms with Crippen LogP contribution in [-0.4, -0.2) is 66.9 Å². The van der Waals surface area contributed by atoms with E-state index in [0.717, 1.165) is 11.3 Å². The summed E-state index contributed by atoms with van der Waals surface area (Å²) in [7, 11) is -3.94. The Labute approximate surface area is 244 Å². The molecule has 1 atom stereocenters. The Kier molecular flexibility index (Phi) is 9.90. The van der Waals surface area contributed by atoms with Crippen molar-refractivity contribution in [2.24, 2.45) is 5.92 Å². The van der Waals surface area contributed by atoms with Gasteiger partial charge < -0.3 is 15.3 Å². The van der Waals surface area contributed by atoms with E-state index in [-0.39, 0.29) is 25.2 Å². The number of carboxylic acids is 1. The number of aromatic nitrogens is 1. The number of rotatable bonds is 9. The number of hydrogen-bond donors (Lipinski definition) is 3. The molecule has 0 aliphatic carbocycles. The average molecular weight is 594 g/mol. The van der Waals surface area contributed by atoms with Crippen LogP contribution in [0.3, 0.4) is 0 Å². The monoisotopic (exact) mass is 593 g/mol. The maximum absolute atomic E-state index is 14.4. The van der Waals surface area contributed by atoms with Crippen LogP contribution in [-0.2, 0) is 21.5 Å². The first-order valence-corrected chi connectivity index (χ1v) is 14.8. The normalized spacial score (nSPS) is 14.6. The van der Waals surface area contributed by atoms with E-state index in [2.05, 4.69) is 26.9 Å². The number of benzene rings is 2. The molecule has 3 aromatic rings. The van der Waals surface area contributed by atoms with Crippen LogP contribution in [0.25, 0.3) is 0 Å². The first-order chi connectivity index (χ1) is 20.0. The van der Waals surface area contributed by atoms with Crippen LogP contribution in [0.1, 0.15) is 40.9 Å². The molecular formula is C30H32FN5O5S. The summed E-state index contributed by atoms with van der Waals surface area (Å²) in [5, 5.41) is 12.0. The van der Waals surface area contributed by atoms with Gasteiger partial charge in [0.2, 0.25) is 0 Å². The first-order valence-electron chi connectivity index (χ1n) is 13.4. The topological polar surface area (TPSA) is 132 Å². The van der Waals surface area contributed by atoms with Crippen molar-refractivity contribution in [2.45, 2.75) is 26.4 Å². The van der Waals surface area contributed by atoms with Crippen molar-refractivity contribution >= 4 is 27.8 Å². The zero-order valence-electron chi connectivity index (χ0n) is 23.2. The molecular weight excluding hydrogens is 561 g/mol. The molecule has 10 nitrogen and oxygen atoms in total. The summed E-state index contributed by atoms with van der Waals surface area (Å²) < 4.78 is 43.4. The van der Waals surface area contributed by atoms with Gasteiger partial charge in [-0.1, -0.05) is 25.7 Å². The summed E-state index contributed by atoms with van der Waals surface area (Å²) in [5.41, 5.74) is 2.85.